The second kappa shape index (κ2) is 10.3. The number of benzene rings is 2. The zero-order valence-electron chi connectivity index (χ0n) is 15.0. The standard InChI is InChI=1S/C19H24N4O2.ClH/c1-23(2)19(25)22-16-8-5-6-14(12-16)13-21-18(24)11-10-15-7-3-4-9-17(15)20;/h3-9,12H,10-11,13,20H2,1-2H3,(H,21,24)(H,22,25);1H. The van der Waals surface area contributed by atoms with Crippen molar-refractivity contribution in [1.29, 1.82) is 0 Å². The van der Waals surface area contributed by atoms with Gasteiger partial charge in [0.05, 0.1) is 0 Å². The molecule has 0 saturated heterocycles. The molecule has 0 atom stereocenters. The molecular formula is C19H25ClN4O2. The number of nitrogens with zero attached hydrogens (tertiary/aromatic N) is 1. The molecule has 0 bridgehead atoms. The van der Waals surface area contributed by atoms with Crippen LogP contribution in [0, 0.1) is 0 Å². The predicted molar refractivity (Wildman–Crippen MR) is 107 cm³/mol. The Morgan fingerprint density at radius 1 is 1.08 bits per heavy atom. The normalized spacial score (nSPS) is 9.77. The van der Waals surface area contributed by atoms with Gasteiger partial charge < -0.3 is 21.3 Å². The Morgan fingerprint density at radius 2 is 1.81 bits per heavy atom. The van der Waals surface area contributed by atoms with Crippen LogP contribution in [0.3, 0.4) is 0 Å². The molecular weight excluding hydrogens is 352 g/mol. The molecule has 0 saturated carbocycles. The highest BCUT2D eigenvalue weighted by Crippen LogP contribution is 2.13. The molecule has 0 aliphatic heterocycles. The first kappa shape index (κ1) is 21.3. The van der Waals surface area contributed by atoms with Crippen LogP contribution >= 0.6 is 12.4 Å². The van der Waals surface area contributed by atoms with Gasteiger partial charge in [-0.2, -0.15) is 0 Å². The van der Waals surface area contributed by atoms with E-state index in [9.17, 15) is 9.59 Å². The van der Waals surface area contributed by atoms with E-state index in [1.165, 1.54) is 4.90 Å². The van der Waals surface area contributed by atoms with Crippen molar-refractivity contribution in [2.45, 2.75) is 19.4 Å². The minimum atomic E-state index is -0.193. The van der Waals surface area contributed by atoms with Crippen LogP contribution in [0.1, 0.15) is 17.5 Å². The Bertz CT molecular complexity index is 750. The summed E-state index contributed by atoms with van der Waals surface area (Å²) in [6, 6.07) is 14.8. The summed E-state index contributed by atoms with van der Waals surface area (Å²) in [5, 5.41) is 5.67. The molecule has 0 radical (unpaired) electrons. The number of hydrogen-bond acceptors (Lipinski definition) is 3. The number of amides is 3. The lowest BCUT2D eigenvalue weighted by atomic mass is 10.1. The van der Waals surface area contributed by atoms with Gasteiger partial charge in [0, 0.05) is 38.4 Å². The second-order valence-electron chi connectivity index (χ2n) is 6.00. The summed E-state index contributed by atoms with van der Waals surface area (Å²) in [5.41, 5.74) is 9.18. The van der Waals surface area contributed by atoms with E-state index in [2.05, 4.69) is 10.6 Å². The van der Waals surface area contributed by atoms with E-state index in [1.54, 1.807) is 14.1 Å². The van der Waals surface area contributed by atoms with Crippen molar-refractivity contribution >= 4 is 35.7 Å². The van der Waals surface area contributed by atoms with Crippen molar-refractivity contribution in [2.24, 2.45) is 0 Å². The Morgan fingerprint density at radius 3 is 2.50 bits per heavy atom. The van der Waals surface area contributed by atoms with Gasteiger partial charge in [-0.15, -0.1) is 12.4 Å². The predicted octanol–water partition coefficient (Wildman–Crippen LogP) is 3.03. The lowest BCUT2D eigenvalue weighted by Crippen LogP contribution is -2.27. The van der Waals surface area contributed by atoms with E-state index in [-0.39, 0.29) is 24.3 Å². The van der Waals surface area contributed by atoms with Gasteiger partial charge in [0.1, 0.15) is 0 Å². The Labute approximate surface area is 160 Å². The Balaban J connectivity index is 0.00000338. The number of anilines is 2. The van der Waals surface area contributed by atoms with Crippen LogP contribution in [-0.2, 0) is 17.8 Å². The van der Waals surface area contributed by atoms with Gasteiger partial charge in [0.25, 0.3) is 0 Å². The fraction of sp³-hybridized carbons (Fsp3) is 0.263. The van der Waals surface area contributed by atoms with Crippen LogP contribution in [0.15, 0.2) is 48.5 Å². The number of nitrogen functional groups attached to an aromatic ring is 1. The first-order chi connectivity index (χ1) is 12.0. The van der Waals surface area contributed by atoms with Crippen molar-refractivity contribution < 1.29 is 9.59 Å². The molecule has 0 heterocycles. The third-order valence-electron chi connectivity index (χ3n) is 3.75. The molecule has 3 amide bonds. The number of urea groups is 1. The molecule has 0 spiro atoms. The zero-order valence-corrected chi connectivity index (χ0v) is 15.8. The zero-order chi connectivity index (χ0) is 18.2. The molecule has 0 aliphatic rings. The molecule has 4 N–H and O–H groups in total. The monoisotopic (exact) mass is 376 g/mol. The lowest BCUT2D eigenvalue weighted by Gasteiger charge is -2.13. The van der Waals surface area contributed by atoms with Crippen LogP contribution in [0.25, 0.3) is 0 Å². The smallest absolute Gasteiger partial charge is 0.321 e. The van der Waals surface area contributed by atoms with Crippen molar-refractivity contribution in [3.05, 3.63) is 59.7 Å². The van der Waals surface area contributed by atoms with E-state index in [0.717, 1.165) is 11.1 Å². The molecule has 7 heteroatoms. The number of halogens is 1. The summed E-state index contributed by atoms with van der Waals surface area (Å²) < 4.78 is 0. The van der Waals surface area contributed by atoms with Crippen LogP contribution in [0.2, 0.25) is 0 Å². The van der Waals surface area contributed by atoms with Gasteiger partial charge in [0.2, 0.25) is 5.91 Å². The average Bonchev–Trinajstić information content (AvgIpc) is 2.59. The number of hydrogen-bond donors (Lipinski definition) is 3. The second-order valence-corrected chi connectivity index (χ2v) is 6.00. The molecule has 2 aromatic rings. The van der Waals surface area contributed by atoms with Gasteiger partial charge >= 0.3 is 6.03 Å². The van der Waals surface area contributed by atoms with Crippen LogP contribution < -0.4 is 16.4 Å². The third kappa shape index (κ3) is 6.64. The number of para-hydroxylation sites is 1. The van der Waals surface area contributed by atoms with E-state index >= 15 is 0 Å². The molecule has 0 aromatic heterocycles. The highest BCUT2D eigenvalue weighted by molar-refractivity contribution is 5.89. The topological polar surface area (TPSA) is 87.5 Å². The maximum atomic E-state index is 12.0. The van der Waals surface area contributed by atoms with Gasteiger partial charge in [-0.25, -0.2) is 4.79 Å². The highest BCUT2D eigenvalue weighted by atomic mass is 35.5. The van der Waals surface area contributed by atoms with E-state index in [0.29, 0.717) is 30.8 Å². The van der Waals surface area contributed by atoms with Crippen LogP contribution in [-0.4, -0.2) is 30.9 Å². The maximum Gasteiger partial charge on any atom is 0.321 e. The van der Waals surface area contributed by atoms with Crippen LogP contribution in [0.4, 0.5) is 16.2 Å². The number of rotatable bonds is 6. The number of nitrogens with two attached hydrogens (primary N) is 1. The number of carbonyl (C=O) groups excluding carboxylic acids is 2. The Kier molecular flexibility index (Phi) is 8.45. The summed E-state index contributed by atoms with van der Waals surface area (Å²) >= 11 is 0. The number of carbonyl (C=O) groups is 2. The SMILES string of the molecule is CN(C)C(=O)Nc1cccc(CNC(=O)CCc2ccccc2N)c1.Cl. The van der Waals surface area contributed by atoms with Gasteiger partial charge in [0.15, 0.2) is 0 Å². The number of aryl methyl sites for hydroxylation is 1. The van der Waals surface area contributed by atoms with E-state index < -0.39 is 0 Å². The molecule has 2 rings (SSSR count). The van der Waals surface area contributed by atoms with Crippen molar-refractivity contribution in [3.63, 3.8) is 0 Å². The summed E-state index contributed by atoms with van der Waals surface area (Å²) in [7, 11) is 3.36. The van der Waals surface area contributed by atoms with E-state index in [4.69, 9.17) is 5.73 Å². The fourth-order valence-electron chi connectivity index (χ4n) is 2.29. The fourth-order valence-corrected chi connectivity index (χ4v) is 2.29. The summed E-state index contributed by atoms with van der Waals surface area (Å²) in [6.45, 7) is 0.411. The largest absolute Gasteiger partial charge is 0.399 e. The first-order valence-corrected chi connectivity index (χ1v) is 8.13. The first-order valence-electron chi connectivity index (χ1n) is 8.13. The third-order valence-corrected chi connectivity index (χ3v) is 3.75. The lowest BCUT2D eigenvalue weighted by molar-refractivity contribution is -0.121. The van der Waals surface area contributed by atoms with E-state index in [1.807, 2.05) is 48.5 Å². The highest BCUT2D eigenvalue weighted by Gasteiger charge is 2.06. The maximum absolute atomic E-state index is 12.0. The quantitative estimate of drug-likeness (QED) is 0.677. The van der Waals surface area contributed by atoms with Crippen molar-refractivity contribution in [1.82, 2.24) is 10.2 Å². The molecule has 0 fully saturated rings. The summed E-state index contributed by atoms with van der Waals surface area (Å²) in [5.74, 6) is -0.0361. The molecule has 2 aromatic carbocycles. The molecule has 140 valence electrons. The van der Waals surface area contributed by atoms with Crippen molar-refractivity contribution in [2.75, 3.05) is 25.1 Å². The molecule has 0 unspecified atom stereocenters. The summed E-state index contributed by atoms with van der Waals surface area (Å²) in [6.07, 6.45) is 0.989. The van der Waals surface area contributed by atoms with Crippen LogP contribution in [0.5, 0.6) is 0 Å². The average molecular weight is 377 g/mol. The summed E-state index contributed by atoms with van der Waals surface area (Å²) in [4.78, 5) is 25.2. The van der Waals surface area contributed by atoms with Gasteiger partial charge in [-0.1, -0.05) is 30.3 Å². The minimum absolute atomic E-state index is 0. The Hall–Kier alpha value is -2.73. The molecule has 0 aliphatic carbocycles. The van der Waals surface area contributed by atoms with Gasteiger partial charge in [-0.05, 0) is 35.7 Å². The van der Waals surface area contributed by atoms with Crippen molar-refractivity contribution in [3.8, 4) is 0 Å². The minimum Gasteiger partial charge on any atom is -0.399 e. The molecule has 26 heavy (non-hydrogen) atoms. The molecule has 6 nitrogen and oxygen atoms in total. The number of nitrogens with one attached hydrogen (secondary N) is 2. The van der Waals surface area contributed by atoms with Gasteiger partial charge in [-0.3, -0.25) is 4.79 Å².